The number of pyridine rings is 1. The molecule has 1 aromatic heterocycles. The van der Waals surface area contributed by atoms with Crippen LogP contribution in [0.2, 0.25) is 0 Å². The summed E-state index contributed by atoms with van der Waals surface area (Å²) in [5.74, 6) is -0.848. The molecule has 5 heteroatoms. The largest absolute Gasteiger partial charge is 0.467 e. The monoisotopic (exact) mass is 286 g/mol. The van der Waals surface area contributed by atoms with E-state index in [-0.39, 0.29) is 11.8 Å². The molecular weight excluding hydrogens is 268 g/mol. The number of rotatable bonds is 4. The van der Waals surface area contributed by atoms with Gasteiger partial charge in [-0.2, -0.15) is 0 Å². The third-order valence-corrected chi connectivity index (χ3v) is 3.26. The van der Waals surface area contributed by atoms with Gasteiger partial charge < -0.3 is 10.1 Å². The van der Waals surface area contributed by atoms with Crippen molar-refractivity contribution >= 4 is 22.8 Å². The molecule has 1 aromatic carbocycles. The number of hydrogen-bond acceptors (Lipinski definition) is 4. The molecule has 0 saturated carbocycles. The minimum Gasteiger partial charge on any atom is -0.467 e. The number of carbonyl (C=O) groups is 2. The Morgan fingerprint density at radius 1 is 1.24 bits per heavy atom. The van der Waals surface area contributed by atoms with Crippen LogP contribution in [0.5, 0.6) is 0 Å². The lowest BCUT2D eigenvalue weighted by Gasteiger charge is -2.19. The number of methoxy groups -OCH3 is 1. The Balaban J connectivity index is 2.23. The summed E-state index contributed by atoms with van der Waals surface area (Å²) in [6.07, 6.45) is 1.51. The standard InChI is InChI=1S/C16H18N2O3/c1-10(2)14(16(20)21-3)18-15(19)12-8-11-6-4-5-7-13(11)17-9-12/h4-10,14H,1-3H3,(H,18,19)/t14-/m1/s1. The Kier molecular flexibility index (Phi) is 4.52. The van der Waals surface area contributed by atoms with E-state index in [4.69, 9.17) is 4.74 Å². The van der Waals surface area contributed by atoms with E-state index < -0.39 is 12.0 Å². The van der Waals surface area contributed by atoms with Crippen LogP contribution in [0.1, 0.15) is 24.2 Å². The van der Waals surface area contributed by atoms with Crippen LogP contribution in [-0.4, -0.2) is 30.0 Å². The molecule has 0 aliphatic carbocycles. The average Bonchev–Trinajstić information content (AvgIpc) is 2.50. The molecule has 5 nitrogen and oxygen atoms in total. The number of amides is 1. The summed E-state index contributed by atoms with van der Waals surface area (Å²) < 4.78 is 4.71. The molecule has 0 radical (unpaired) electrons. The molecule has 0 spiro atoms. The Hall–Kier alpha value is -2.43. The van der Waals surface area contributed by atoms with Crippen molar-refractivity contribution in [1.82, 2.24) is 10.3 Å². The van der Waals surface area contributed by atoms with Crippen molar-refractivity contribution in [2.75, 3.05) is 7.11 Å². The van der Waals surface area contributed by atoms with Gasteiger partial charge in [-0.25, -0.2) is 4.79 Å². The third-order valence-electron chi connectivity index (χ3n) is 3.26. The van der Waals surface area contributed by atoms with E-state index >= 15 is 0 Å². The van der Waals surface area contributed by atoms with Crippen LogP contribution >= 0.6 is 0 Å². The van der Waals surface area contributed by atoms with Gasteiger partial charge in [-0.05, 0) is 18.1 Å². The van der Waals surface area contributed by atoms with Crippen LogP contribution in [0.15, 0.2) is 36.5 Å². The number of ether oxygens (including phenoxy) is 1. The molecule has 1 heterocycles. The van der Waals surface area contributed by atoms with Crippen LogP contribution in [0.4, 0.5) is 0 Å². The molecule has 1 atom stereocenters. The first kappa shape index (κ1) is 15.0. The zero-order chi connectivity index (χ0) is 15.4. The van der Waals surface area contributed by atoms with Gasteiger partial charge in [0.05, 0.1) is 18.2 Å². The highest BCUT2D eigenvalue weighted by Gasteiger charge is 2.25. The van der Waals surface area contributed by atoms with Crippen LogP contribution in [0, 0.1) is 5.92 Å². The van der Waals surface area contributed by atoms with E-state index in [1.165, 1.54) is 13.3 Å². The number of nitrogens with one attached hydrogen (secondary N) is 1. The van der Waals surface area contributed by atoms with Gasteiger partial charge in [0.15, 0.2) is 0 Å². The number of carbonyl (C=O) groups excluding carboxylic acids is 2. The molecule has 0 aliphatic heterocycles. The lowest BCUT2D eigenvalue weighted by Crippen LogP contribution is -2.45. The highest BCUT2D eigenvalue weighted by Crippen LogP contribution is 2.13. The van der Waals surface area contributed by atoms with Gasteiger partial charge in [0, 0.05) is 11.6 Å². The number of fused-ring (bicyclic) bond motifs is 1. The molecule has 0 unspecified atom stereocenters. The second kappa shape index (κ2) is 6.35. The molecule has 21 heavy (non-hydrogen) atoms. The summed E-state index contributed by atoms with van der Waals surface area (Å²) in [7, 11) is 1.31. The predicted molar refractivity (Wildman–Crippen MR) is 79.9 cm³/mol. The van der Waals surface area contributed by atoms with Gasteiger partial charge >= 0.3 is 5.97 Å². The normalized spacial score (nSPS) is 12.2. The van der Waals surface area contributed by atoms with Crippen LogP contribution < -0.4 is 5.32 Å². The molecule has 0 saturated heterocycles. The SMILES string of the molecule is COC(=O)[C@H](NC(=O)c1cnc2ccccc2c1)C(C)C. The molecule has 0 aliphatic rings. The van der Waals surface area contributed by atoms with Gasteiger partial charge in [-0.15, -0.1) is 0 Å². The maximum absolute atomic E-state index is 12.3. The second-order valence-electron chi connectivity index (χ2n) is 5.14. The van der Waals surface area contributed by atoms with Crippen molar-refractivity contribution in [1.29, 1.82) is 0 Å². The number of esters is 1. The molecule has 0 bridgehead atoms. The summed E-state index contributed by atoms with van der Waals surface area (Å²) in [5, 5.41) is 3.57. The van der Waals surface area contributed by atoms with E-state index in [1.54, 1.807) is 6.07 Å². The quantitative estimate of drug-likeness (QED) is 0.875. The van der Waals surface area contributed by atoms with Crippen molar-refractivity contribution in [3.63, 3.8) is 0 Å². The second-order valence-corrected chi connectivity index (χ2v) is 5.14. The number of nitrogens with zero attached hydrogens (tertiary/aromatic N) is 1. The maximum Gasteiger partial charge on any atom is 0.328 e. The number of hydrogen-bond donors (Lipinski definition) is 1. The van der Waals surface area contributed by atoms with Crippen LogP contribution in [0.3, 0.4) is 0 Å². The zero-order valence-electron chi connectivity index (χ0n) is 12.3. The molecule has 0 fully saturated rings. The van der Waals surface area contributed by atoms with E-state index in [9.17, 15) is 9.59 Å². The topological polar surface area (TPSA) is 68.3 Å². The Labute approximate surface area is 123 Å². The minimum atomic E-state index is -0.672. The summed E-state index contributed by atoms with van der Waals surface area (Å²) in [4.78, 5) is 28.2. The molecular formula is C16H18N2O3. The van der Waals surface area contributed by atoms with Gasteiger partial charge in [0.25, 0.3) is 5.91 Å². The fourth-order valence-electron chi connectivity index (χ4n) is 2.04. The van der Waals surface area contributed by atoms with Crippen molar-refractivity contribution in [2.24, 2.45) is 5.92 Å². The first-order valence-electron chi connectivity index (χ1n) is 6.76. The third kappa shape index (κ3) is 3.37. The molecule has 2 rings (SSSR count). The van der Waals surface area contributed by atoms with Crippen molar-refractivity contribution in [3.05, 3.63) is 42.1 Å². The Morgan fingerprint density at radius 2 is 1.95 bits per heavy atom. The summed E-state index contributed by atoms with van der Waals surface area (Å²) >= 11 is 0. The van der Waals surface area contributed by atoms with E-state index in [0.29, 0.717) is 5.56 Å². The average molecular weight is 286 g/mol. The lowest BCUT2D eigenvalue weighted by molar-refractivity contribution is -0.144. The van der Waals surface area contributed by atoms with Crippen molar-refractivity contribution in [3.8, 4) is 0 Å². The highest BCUT2D eigenvalue weighted by atomic mass is 16.5. The molecule has 110 valence electrons. The molecule has 1 N–H and O–H groups in total. The maximum atomic E-state index is 12.3. The van der Waals surface area contributed by atoms with Gasteiger partial charge in [0.2, 0.25) is 0 Å². The summed E-state index contributed by atoms with van der Waals surface area (Å²) in [6, 6.07) is 8.63. The summed E-state index contributed by atoms with van der Waals surface area (Å²) in [6.45, 7) is 3.70. The Bertz CT molecular complexity index is 667. The number of aromatic nitrogens is 1. The van der Waals surface area contributed by atoms with Gasteiger partial charge in [-0.1, -0.05) is 32.0 Å². The molecule has 2 aromatic rings. The van der Waals surface area contributed by atoms with Gasteiger partial charge in [-0.3, -0.25) is 9.78 Å². The predicted octanol–water partition coefficient (Wildman–Crippen LogP) is 2.16. The Morgan fingerprint density at radius 3 is 2.62 bits per heavy atom. The fourth-order valence-corrected chi connectivity index (χ4v) is 2.04. The highest BCUT2D eigenvalue weighted by molar-refractivity contribution is 5.99. The number of benzene rings is 1. The molecule has 1 amide bonds. The first-order chi connectivity index (χ1) is 10.0. The fraction of sp³-hybridized carbons (Fsp3) is 0.312. The zero-order valence-corrected chi connectivity index (χ0v) is 12.3. The van der Waals surface area contributed by atoms with Crippen molar-refractivity contribution in [2.45, 2.75) is 19.9 Å². The lowest BCUT2D eigenvalue weighted by atomic mass is 10.0. The first-order valence-corrected chi connectivity index (χ1v) is 6.76. The van der Waals surface area contributed by atoms with E-state index in [0.717, 1.165) is 10.9 Å². The van der Waals surface area contributed by atoms with Crippen LogP contribution in [0.25, 0.3) is 10.9 Å². The van der Waals surface area contributed by atoms with Crippen LogP contribution in [-0.2, 0) is 9.53 Å². The number of para-hydroxylation sites is 1. The van der Waals surface area contributed by atoms with Crippen molar-refractivity contribution < 1.29 is 14.3 Å². The van der Waals surface area contributed by atoms with E-state index in [2.05, 4.69) is 10.3 Å². The van der Waals surface area contributed by atoms with Gasteiger partial charge in [0.1, 0.15) is 6.04 Å². The minimum absolute atomic E-state index is 0.0604. The smallest absolute Gasteiger partial charge is 0.328 e. The summed E-state index contributed by atoms with van der Waals surface area (Å²) in [5.41, 5.74) is 1.24. The van der Waals surface area contributed by atoms with E-state index in [1.807, 2.05) is 38.1 Å².